The third-order valence-corrected chi connectivity index (χ3v) is 6.02. The van der Waals surface area contributed by atoms with E-state index in [1.807, 2.05) is 6.92 Å². The Labute approximate surface area is 140 Å². The quantitative estimate of drug-likeness (QED) is 0.621. The highest BCUT2D eigenvalue weighted by Gasteiger charge is 2.23. The topological polar surface area (TPSA) is 39.1 Å². The van der Waals surface area contributed by atoms with E-state index in [-0.39, 0.29) is 15.4 Å². The van der Waals surface area contributed by atoms with Gasteiger partial charge in [0.2, 0.25) is 0 Å². The molecule has 114 valence electrons. The average molecular weight is 403 g/mol. The number of aryl methyl sites for hydroxylation is 1. The molecule has 0 aliphatic heterocycles. The number of rotatable bonds is 2. The van der Waals surface area contributed by atoms with Crippen LogP contribution in [0.5, 0.6) is 0 Å². The lowest BCUT2D eigenvalue weighted by Crippen LogP contribution is -2.12. The maximum Gasteiger partial charge on any atom is 0.268 e. The zero-order chi connectivity index (χ0) is 16.1. The van der Waals surface area contributed by atoms with Crippen LogP contribution in [0.15, 0.2) is 52.0 Å². The van der Waals surface area contributed by atoms with Gasteiger partial charge in [-0.05, 0) is 47.1 Å². The second-order valence-electron chi connectivity index (χ2n) is 4.85. The minimum atomic E-state index is -3.87. The SMILES string of the molecule is Cc1ccc(S(=O)(=O)n2cc(Br)c3ccc(F)c(Cl)c32)cc1. The van der Waals surface area contributed by atoms with Crippen LogP contribution in [0, 0.1) is 12.7 Å². The molecule has 0 saturated heterocycles. The van der Waals surface area contributed by atoms with Crippen molar-refractivity contribution in [2.75, 3.05) is 0 Å². The summed E-state index contributed by atoms with van der Waals surface area (Å²) in [4.78, 5) is 0.114. The number of aromatic nitrogens is 1. The number of benzene rings is 2. The Morgan fingerprint density at radius 2 is 1.77 bits per heavy atom. The highest BCUT2D eigenvalue weighted by atomic mass is 79.9. The van der Waals surface area contributed by atoms with Crippen LogP contribution in [-0.2, 0) is 10.0 Å². The second-order valence-corrected chi connectivity index (χ2v) is 7.90. The van der Waals surface area contributed by atoms with Gasteiger partial charge < -0.3 is 0 Å². The highest BCUT2D eigenvalue weighted by Crippen LogP contribution is 2.35. The molecule has 0 N–H and O–H groups in total. The van der Waals surface area contributed by atoms with Gasteiger partial charge in [-0.25, -0.2) is 16.8 Å². The zero-order valence-electron chi connectivity index (χ0n) is 11.3. The fourth-order valence-corrected chi connectivity index (χ4v) is 4.55. The van der Waals surface area contributed by atoms with Gasteiger partial charge in [-0.1, -0.05) is 29.3 Å². The van der Waals surface area contributed by atoms with E-state index < -0.39 is 15.8 Å². The summed E-state index contributed by atoms with van der Waals surface area (Å²) in [5.74, 6) is -0.667. The van der Waals surface area contributed by atoms with Crippen LogP contribution in [0.1, 0.15) is 5.56 Å². The summed E-state index contributed by atoms with van der Waals surface area (Å²) in [5, 5.41) is 0.306. The lowest BCUT2D eigenvalue weighted by Gasteiger charge is -2.09. The molecular formula is C15H10BrClFNO2S. The van der Waals surface area contributed by atoms with Crippen LogP contribution in [0.3, 0.4) is 0 Å². The van der Waals surface area contributed by atoms with E-state index in [9.17, 15) is 12.8 Å². The third-order valence-electron chi connectivity index (χ3n) is 3.36. The molecule has 0 fully saturated rings. The van der Waals surface area contributed by atoms with E-state index >= 15 is 0 Å². The first-order valence-electron chi connectivity index (χ1n) is 6.29. The van der Waals surface area contributed by atoms with Crippen molar-refractivity contribution in [3.8, 4) is 0 Å². The molecule has 0 aliphatic rings. The maximum atomic E-state index is 13.7. The van der Waals surface area contributed by atoms with E-state index in [0.29, 0.717) is 9.86 Å². The summed E-state index contributed by atoms with van der Waals surface area (Å²) in [5.41, 5.74) is 1.07. The third kappa shape index (κ3) is 2.35. The molecule has 1 aromatic heterocycles. The standard InChI is InChI=1S/C15H10BrClFNO2S/c1-9-2-4-10(5-3-9)22(20,21)19-8-12(16)11-6-7-13(18)14(17)15(11)19/h2-8H,1H3. The van der Waals surface area contributed by atoms with Gasteiger partial charge in [0.15, 0.2) is 0 Å². The van der Waals surface area contributed by atoms with Gasteiger partial charge in [0.1, 0.15) is 10.8 Å². The Hall–Kier alpha value is -1.37. The predicted molar refractivity (Wildman–Crippen MR) is 88.4 cm³/mol. The Morgan fingerprint density at radius 1 is 1.14 bits per heavy atom. The van der Waals surface area contributed by atoms with Crippen LogP contribution in [0.2, 0.25) is 5.02 Å². The summed E-state index contributed by atoms with van der Waals surface area (Å²) in [6.07, 6.45) is 1.38. The van der Waals surface area contributed by atoms with Gasteiger partial charge in [-0.15, -0.1) is 0 Å². The van der Waals surface area contributed by atoms with Crippen molar-refractivity contribution in [1.29, 1.82) is 0 Å². The number of fused-ring (bicyclic) bond motifs is 1. The normalized spacial score (nSPS) is 12.0. The van der Waals surface area contributed by atoms with Crippen molar-refractivity contribution < 1.29 is 12.8 Å². The van der Waals surface area contributed by atoms with E-state index in [1.165, 1.54) is 30.5 Å². The minimum Gasteiger partial charge on any atom is -0.238 e. The lowest BCUT2D eigenvalue weighted by molar-refractivity contribution is 0.589. The number of halogens is 3. The molecule has 0 aliphatic carbocycles. The predicted octanol–water partition coefficient (Wildman–Crippen LogP) is 4.74. The van der Waals surface area contributed by atoms with Crippen molar-refractivity contribution >= 4 is 48.5 Å². The van der Waals surface area contributed by atoms with Gasteiger partial charge in [0.25, 0.3) is 10.0 Å². The first-order chi connectivity index (χ1) is 10.3. The molecule has 1 heterocycles. The lowest BCUT2D eigenvalue weighted by atomic mass is 10.2. The number of hydrogen-bond acceptors (Lipinski definition) is 2. The molecule has 0 amide bonds. The first-order valence-corrected chi connectivity index (χ1v) is 8.90. The Kier molecular flexibility index (Phi) is 3.79. The van der Waals surface area contributed by atoms with Crippen molar-refractivity contribution in [3.05, 3.63) is 63.5 Å². The molecule has 3 rings (SSSR count). The Bertz CT molecular complexity index is 981. The number of nitrogens with zero attached hydrogens (tertiary/aromatic N) is 1. The van der Waals surface area contributed by atoms with E-state index in [2.05, 4.69) is 15.9 Å². The largest absolute Gasteiger partial charge is 0.268 e. The number of hydrogen-bond donors (Lipinski definition) is 0. The van der Waals surface area contributed by atoms with Gasteiger partial charge in [-0.3, -0.25) is 0 Å². The average Bonchev–Trinajstić information content (AvgIpc) is 2.82. The molecule has 22 heavy (non-hydrogen) atoms. The fourth-order valence-electron chi connectivity index (χ4n) is 2.20. The summed E-state index contributed by atoms with van der Waals surface area (Å²) in [6, 6.07) is 9.13. The molecule has 0 unspecified atom stereocenters. The van der Waals surface area contributed by atoms with Gasteiger partial charge in [0.05, 0.1) is 10.4 Å². The Morgan fingerprint density at radius 3 is 2.41 bits per heavy atom. The first kappa shape index (κ1) is 15.5. The Balaban J connectivity index is 2.34. The van der Waals surface area contributed by atoms with Crippen LogP contribution < -0.4 is 0 Å². The molecule has 3 nitrogen and oxygen atoms in total. The van der Waals surface area contributed by atoms with Crippen molar-refractivity contribution in [2.45, 2.75) is 11.8 Å². The van der Waals surface area contributed by atoms with Gasteiger partial charge in [-0.2, -0.15) is 0 Å². The minimum absolute atomic E-state index is 0.114. The second kappa shape index (κ2) is 5.37. The molecule has 2 aromatic carbocycles. The molecule has 7 heteroatoms. The maximum absolute atomic E-state index is 13.7. The molecule has 0 spiro atoms. The van der Waals surface area contributed by atoms with Crippen LogP contribution in [0.25, 0.3) is 10.9 Å². The van der Waals surface area contributed by atoms with Crippen molar-refractivity contribution in [1.82, 2.24) is 3.97 Å². The summed E-state index contributed by atoms with van der Waals surface area (Å²) < 4.78 is 40.9. The molecule has 0 saturated carbocycles. The summed E-state index contributed by atoms with van der Waals surface area (Å²) >= 11 is 9.27. The van der Waals surface area contributed by atoms with Crippen LogP contribution >= 0.6 is 27.5 Å². The zero-order valence-corrected chi connectivity index (χ0v) is 14.5. The smallest absolute Gasteiger partial charge is 0.238 e. The molecular weight excluding hydrogens is 393 g/mol. The van der Waals surface area contributed by atoms with Crippen LogP contribution in [0.4, 0.5) is 4.39 Å². The summed E-state index contributed by atoms with van der Waals surface area (Å²) in [7, 11) is -3.87. The van der Waals surface area contributed by atoms with Crippen molar-refractivity contribution in [3.63, 3.8) is 0 Å². The molecule has 3 aromatic rings. The van der Waals surface area contributed by atoms with E-state index in [0.717, 1.165) is 9.54 Å². The van der Waals surface area contributed by atoms with Crippen LogP contribution in [-0.4, -0.2) is 12.4 Å². The highest BCUT2D eigenvalue weighted by molar-refractivity contribution is 9.10. The molecule has 0 atom stereocenters. The van der Waals surface area contributed by atoms with Gasteiger partial charge >= 0.3 is 0 Å². The van der Waals surface area contributed by atoms with Crippen molar-refractivity contribution in [2.24, 2.45) is 0 Å². The van der Waals surface area contributed by atoms with E-state index in [1.54, 1.807) is 12.1 Å². The monoisotopic (exact) mass is 401 g/mol. The molecule has 0 bridgehead atoms. The van der Waals surface area contributed by atoms with E-state index in [4.69, 9.17) is 11.6 Å². The van der Waals surface area contributed by atoms with Gasteiger partial charge in [0, 0.05) is 16.1 Å². The molecule has 0 radical (unpaired) electrons. The fraction of sp³-hybridized carbons (Fsp3) is 0.0667. The summed E-state index contributed by atoms with van der Waals surface area (Å²) in [6.45, 7) is 1.87.